The minimum atomic E-state index is -4.11. The van der Waals surface area contributed by atoms with Crippen molar-refractivity contribution in [3.05, 3.63) is 116 Å². The van der Waals surface area contributed by atoms with Crippen molar-refractivity contribution in [1.29, 1.82) is 5.26 Å². The highest BCUT2D eigenvalue weighted by atomic mass is 35.5. The number of para-hydroxylation sites is 1. The lowest BCUT2D eigenvalue weighted by Gasteiger charge is -2.38. The van der Waals surface area contributed by atoms with Crippen LogP contribution in [0.3, 0.4) is 0 Å². The number of sulfonamides is 1. The van der Waals surface area contributed by atoms with Gasteiger partial charge in [-0.15, -0.1) is 0 Å². The first kappa shape index (κ1) is 22.1. The lowest BCUT2D eigenvalue weighted by atomic mass is 9.88. The summed E-state index contributed by atoms with van der Waals surface area (Å²) in [5, 5.41) is 10.5. The Labute approximate surface area is 203 Å². The van der Waals surface area contributed by atoms with E-state index in [0.29, 0.717) is 21.8 Å². The van der Waals surface area contributed by atoms with E-state index in [1.807, 2.05) is 37.3 Å². The fourth-order valence-electron chi connectivity index (χ4n) is 4.33. The van der Waals surface area contributed by atoms with Gasteiger partial charge in [-0.3, -0.25) is 4.31 Å². The number of ether oxygens (including phenoxy) is 1. The monoisotopic (exact) mass is 489 g/mol. The first-order chi connectivity index (χ1) is 16.3. The molecule has 0 radical (unpaired) electrons. The molecule has 8 heteroatoms. The van der Waals surface area contributed by atoms with Gasteiger partial charge in [-0.05, 0) is 42.3 Å². The van der Waals surface area contributed by atoms with Gasteiger partial charge in [-0.25, -0.2) is 8.42 Å². The topological polar surface area (TPSA) is 96.4 Å². The summed E-state index contributed by atoms with van der Waals surface area (Å²) in [4.78, 5) is 0.00904. The van der Waals surface area contributed by atoms with E-state index >= 15 is 0 Å². The average Bonchev–Trinajstić information content (AvgIpc) is 2.82. The summed E-state index contributed by atoms with van der Waals surface area (Å²) in [6, 6.07) is 23.6. The maximum Gasteiger partial charge on any atom is 0.265 e. The molecule has 0 spiro atoms. The number of hydrogen-bond donors (Lipinski definition) is 1. The van der Waals surface area contributed by atoms with Crippen LogP contribution in [0, 0.1) is 18.3 Å². The van der Waals surface area contributed by atoms with E-state index in [4.69, 9.17) is 22.1 Å². The molecule has 170 valence electrons. The van der Waals surface area contributed by atoms with Gasteiger partial charge in [0.1, 0.15) is 16.5 Å². The van der Waals surface area contributed by atoms with Crippen molar-refractivity contribution in [3.63, 3.8) is 0 Å². The van der Waals surface area contributed by atoms with Crippen LogP contribution in [0.15, 0.2) is 89.2 Å². The minimum absolute atomic E-state index is 0.00904. The molecule has 0 aliphatic carbocycles. The van der Waals surface area contributed by atoms with E-state index in [9.17, 15) is 13.7 Å². The van der Waals surface area contributed by atoms with Gasteiger partial charge < -0.3 is 10.5 Å². The second-order valence-electron chi connectivity index (χ2n) is 8.18. The largest absolute Gasteiger partial charge is 0.439 e. The van der Waals surface area contributed by atoms with Crippen LogP contribution in [0.4, 0.5) is 5.69 Å². The Morgan fingerprint density at radius 3 is 2.41 bits per heavy atom. The lowest BCUT2D eigenvalue weighted by molar-refractivity contribution is 0.357. The van der Waals surface area contributed by atoms with E-state index < -0.39 is 15.9 Å². The van der Waals surface area contributed by atoms with Crippen LogP contribution in [0.2, 0.25) is 5.02 Å². The fraction of sp³-hybridized carbons (Fsp3) is 0.115. The molecule has 0 aromatic heterocycles. The van der Waals surface area contributed by atoms with E-state index in [1.165, 1.54) is 4.31 Å². The molecule has 3 aromatic rings. The third-order valence-electron chi connectivity index (χ3n) is 6.01. The van der Waals surface area contributed by atoms with Crippen molar-refractivity contribution in [2.45, 2.75) is 19.4 Å². The maximum absolute atomic E-state index is 14.2. The molecule has 0 saturated carbocycles. The molecule has 0 bridgehead atoms. The van der Waals surface area contributed by atoms with Gasteiger partial charge in [-0.2, -0.15) is 5.26 Å². The van der Waals surface area contributed by atoms with E-state index in [1.54, 1.807) is 42.5 Å². The smallest absolute Gasteiger partial charge is 0.265 e. The van der Waals surface area contributed by atoms with Gasteiger partial charge in [0.25, 0.3) is 10.0 Å². The number of rotatable bonds is 3. The van der Waals surface area contributed by atoms with E-state index in [-0.39, 0.29) is 28.7 Å². The molecule has 1 atom stereocenters. The van der Waals surface area contributed by atoms with Crippen molar-refractivity contribution in [3.8, 4) is 6.07 Å². The molecule has 3 aromatic carbocycles. The van der Waals surface area contributed by atoms with Gasteiger partial charge in [0, 0.05) is 10.6 Å². The number of benzene rings is 3. The first-order valence-corrected chi connectivity index (χ1v) is 12.4. The van der Waals surface area contributed by atoms with E-state index in [2.05, 4.69) is 6.07 Å². The number of nitrogens with two attached hydrogens (primary N) is 1. The van der Waals surface area contributed by atoms with Crippen LogP contribution in [0.5, 0.6) is 0 Å². The molecular weight excluding hydrogens is 470 g/mol. The number of aryl methyl sites for hydroxylation is 1. The molecule has 0 fully saturated rings. The Bertz CT molecular complexity index is 1500. The van der Waals surface area contributed by atoms with Gasteiger partial charge in [-0.1, -0.05) is 65.7 Å². The zero-order valence-corrected chi connectivity index (χ0v) is 19.8. The van der Waals surface area contributed by atoms with Crippen LogP contribution < -0.4 is 10.0 Å². The zero-order valence-electron chi connectivity index (χ0n) is 18.2. The number of halogens is 1. The number of fused-ring (bicyclic) bond motifs is 2. The molecule has 2 aliphatic heterocycles. The van der Waals surface area contributed by atoms with Crippen molar-refractivity contribution >= 4 is 33.1 Å². The lowest BCUT2D eigenvalue weighted by Crippen LogP contribution is -2.39. The molecule has 2 heterocycles. The summed E-state index contributed by atoms with van der Waals surface area (Å²) >= 11 is 6.02. The highest BCUT2D eigenvalue weighted by Gasteiger charge is 2.47. The molecule has 5 rings (SSSR count). The average molecular weight is 490 g/mol. The predicted molar refractivity (Wildman–Crippen MR) is 132 cm³/mol. The summed E-state index contributed by atoms with van der Waals surface area (Å²) in [6.07, 6.45) is 0. The van der Waals surface area contributed by atoms with Crippen LogP contribution in [-0.4, -0.2) is 8.42 Å². The summed E-state index contributed by atoms with van der Waals surface area (Å²) in [6.45, 7) is 2.03. The molecule has 2 N–H and O–H groups in total. The Hall–Kier alpha value is -3.73. The Kier molecular flexibility index (Phi) is 5.35. The van der Waals surface area contributed by atoms with Crippen molar-refractivity contribution < 1.29 is 13.2 Å². The predicted octanol–water partition coefficient (Wildman–Crippen LogP) is 5.17. The molecule has 34 heavy (non-hydrogen) atoms. The molecular formula is C26H20ClN3O3S. The van der Waals surface area contributed by atoms with Gasteiger partial charge in [0.15, 0.2) is 5.76 Å². The highest BCUT2D eigenvalue weighted by Crippen LogP contribution is 2.51. The van der Waals surface area contributed by atoms with E-state index in [0.717, 1.165) is 11.1 Å². The highest BCUT2D eigenvalue weighted by molar-refractivity contribution is 7.96. The number of allylic oxidation sites excluding steroid dienone is 2. The summed E-state index contributed by atoms with van der Waals surface area (Å²) < 4.78 is 35.6. The summed E-state index contributed by atoms with van der Waals surface area (Å²) in [7, 11) is -4.11. The van der Waals surface area contributed by atoms with Crippen LogP contribution >= 0.6 is 11.6 Å². The molecule has 0 unspecified atom stereocenters. The standard InChI is InChI=1S/C26H20ClN3O3S/c1-16-6-10-18(11-7-16)23-21(14-28)26(29)33-24-20-4-2-3-5-22(20)30(34(31,32)25(23)24)15-17-8-12-19(27)13-9-17/h2-13,23H,15,29H2,1H3/t23-/m1/s1. The van der Waals surface area contributed by atoms with Crippen molar-refractivity contribution in [2.75, 3.05) is 4.31 Å². The molecule has 2 aliphatic rings. The van der Waals surface area contributed by atoms with Crippen LogP contribution in [0.1, 0.15) is 28.2 Å². The number of hydrogen-bond acceptors (Lipinski definition) is 5. The van der Waals surface area contributed by atoms with Gasteiger partial charge in [0.05, 0.1) is 18.2 Å². The first-order valence-electron chi connectivity index (χ1n) is 10.6. The number of anilines is 1. The zero-order chi connectivity index (χ0) is 24.0. The summed E-state index contributed by atoms with van der Waals surface area (Å²) in [5.74, 6) is -0.826. The third-order valence-corrected chi connectivity index (χ3v) is 8.14. The Balaban J connectivity index is 1.75. The number of nitriles is 1. The van der Waals surface area contributed by atoms with Crippen molar-refractivity contribution in [2.24, 2.45) is 5.73 Å². The Morgan fingerprint density at radius 1 is 1.06 bits per heavy atom. The fourth-order valence-corrected chi connectivity index (χ4v) is 6.37. The second kappa shape index (κ2) is 8.24. The van der Waals surface area contributed by atoms with Crippen molar-refractivity contribution in [1.82, 2.24) is 0 Å². The minimum Gasteiger partial charge on any atom is -0.439 e. The van der Waals surface area contributed by atoms with Gasteiger partial charge >= 0.3 is 0 Å². The Morgan fingerprint density at radius 2 is 1.74 bits per heavy atom. The third kappa shape index (κ3) is 3.52. The van der Waals surface area contributed by atoms with Crippen LogP contribution in [-0.2, 0) is 21.3 Å². The molecule has 6 nitrogen and oxygen atoms in total. The molecule has 0 saturated heterocycles. The number of nitrogens with zero attached hydrogens (tertiary/aromatic N) is 2. The second-order valence-corrected chi connectivity index (χ2v) is 10.5. The quantitative estimate of drug-likeness (QED) is 0.547. The SMILES string of the molecule is Cc1ccc([C@@H]2C(C#N)=C(N)OC3=C2S(=O)(=O)N(Cc2ccc(Cl)cc2)c2ccccc23)cc1. The normalized spacial score (nSPS) is 18.6. The van der Waals surface area contributed by atoms with Gasteiger partial charge in [0.2, 0.25) is 5.88 Å². The maximum atomic E-state index is 14.2. The van der Waals surface area contributed by atoms with Crippen LogP contribution in [0.25, 0.3) is 5.76 Å². The summed E-state index contributed by atoms with van der Waals surface area (Å²) in [5.41, 5.74) is 9.73. The molecule has 0 amide bonds.